The van der Waals surface area contributed by atoms with Crippen molar-refractivity contribution in [1.29, 1.82) is 0 Å². The first-order valence-corrected chi connectivity index (χ1v) is 8.90. The molecule has 1 aromatic carbocycles. The Balaban J connectivity index is 1.61. The van der Waals surface area contributed by atoms with Crippen LogP contribution in [-0.2, 0) is 6.42 Å². The van der Waals surface area contributed by atoms with Crippen molar-refractivity contribution in [1.82, 2.24) is 5.32 Å². The lowest BCUT2D eigenvalue weighted by atomic mass is 10.1. The predicted molar refractivity (Wildman–Crippen MR) is 87.9 cm³/mol. The molecular weight excluding hydrogens is 266 g/mol. The Kier molecular flexibility index (Phi) is 7.31. The molecule has 1 aromatic rings. The van der Waals surface area contributed by atoms with Crippen molar-refractivity contribution in [2.24, 2.45) is 0 Å². The van der Waals surface area contributed by atoms with Gasteiger partial charge in [0.05, 0.1) is 6.61 Å². The first kappa shape index (κ1) is 15.7. The lowest BCUT2D eigenvalue weighted by Gasteiger charge is -2.20. The largest absolute Gasteiger partial charge is 0.494 e. The number of aryl methyl sites for hydroxylation is 1. The van der Waals surface area contributed by atoms with Gasteiger partial charge < -0.3 is 4.74 Å². The van der Waals surface area contributed by atoms with Crippen LogP contribution in [0, 0.1) is 0 Å². The third-order valence-electron chi connectivity index (χ3n) is 3.57. The summed E-state index contributed by atoms with van der Waals surface area (Å²) in [5.41, 5.74) is 1.43. The van der Waals surface area contributed by atoms with Gasteiger partial charge in [0, 0.05) is 24.1 Å². The van der Waals surface area contributed by atoms with Crippen molar-refractivity contribution in [2.75, 3.05) is 25.4 Å². The highest BCUT2D eigenvalue weighted by Gasteiger charge is 2.13. The summed E-state index contributed by atoms with van der Waals surface area (Å²) in [6.07, 6.45) is 6.18. The summed E-state index contributed by atoms with van der Waals surface area (Å²) < 4.78 is 5.60. The molecule has 1 aliphatic rings. The standard InChI is InChI=1S/C17H26NOS/c1-2-12-19-16-9-7-15(8-10-16)5-3-4-6-17-14-18-11-13-20-17/h7-10,17H,2-6,11-14H2,1H3. The number of nitrogens with zero attached hydrogens (tertiary/aromatic N) is 1. The molecular formula is C17H26NOS. The zero-order chi connectivity index (χ0) is 14.0. The van der Waals surface area contributed by atoms with Crippen molar-refractivity contribution in [3.8, 4) is 5.75 Å². The van der Waals surface area contributed by atoms with E-state index < -0.39 is 0 Å². The number of unbranched alkanes of at least 4 members (excludes halogenated alkanes) is 1. The van der Waals surface area contributed by atoms with Crippen LogP contribution < -0.4 is 10.1 Å². The zero-order valence-corrected chi connectivity index (χ0v) is 13.3. The maximum atomic E-state index is 5.60. The summed E-state index contributed by atoms with van der Waals surface area (Å²) >= 11 is 2.11. The molecule has 1 atom stereocenters. The number of hydrogen-bond donors (Lipinski definition) is 0. The number of hydrogen-bond acceptors (Lipinski definition) is 2. The Labute approximate surface area is 127 Å². The molecule has 111 valence electrons. The molecule has 1 radical (unpaired) electrons. The van der Waals surface area contributed by atoms with Crippen LogP contribution in [-0.4, -0.2) is 30.7 Å². The molecule has 0 aliphatic carbocycles. The highest BCUT2D eigenvalue weighted by molar-refractivity contribution is 8.00. The highest BCUT2D eigenvalue weighted by Crippen LogP contribution is 2.21. The van der Waals surface area contributed by atoms with E-state index in [0.717, 1.165) is 37.1 Å². The summed E-state index contributed by atoms with van der Waals surface area (Å²) in [6, 6.07) is 8.60. The van der Waals surface area contributed by atoms with E-state index in [9.17, 15) is 0 Å². The third-order valence-corrected chi connectivity index (χ3v) is 4.85. The minimum absolute atomic E-state index is 0.786. The first-order valence-electron chi connectivity index (χ1n) is 7.85. The van der Waals surface area contributed by atoms with E-state index in [0.29, 0.717) is 0 Å². The second-order valence-electron chi connectivity index (χ2n) is 5.36. The molecule has 2 nitrogen and oxygen atoms in total. The van der Waals surface area contributed by atoms with Crippen molar-refractivity contribution >= 4 is 11.8 Å². The van der Waals surface area contributed by atoms with Gasteiger partial charge in [-0.3, -0.25) is 0 Å². The van der Waals surface area contributed by atoms with Gasteiger partial charge in [-0.2, -0.15) is 11.8 Å². The molecule has 0 amide bonds. The molecule has 0 N–H and O–H groups in total. The summed E-state index contributed by atoms with van der Waals surface area (Å²) in [4.78, 5) is 0. The highest BCUT2D eigenvalue weighted by atomic mass is 32.2. The normalized spacial score (nSPS) is 18.9. The molecule has 1 fully saturated rings. The van der Waals surface area contributed by atoms with E-state index in [1.165, 1.54) is 37.0 Å². The van der Waals surface area contributed by atoms with Gasteiger partial charge >= 0.3 is 0 Å². The van der Waals surface area contributed by atoms with Gasteiger partial charge in [-0.05, 0) is 43.4 Å². The molecule has 20 heavy (non-hydrogen) atoms. The fourth-order valence-corrected chi connectivity index (χ4v) is 3.53. The van der Waals surface area contributed by atoms with Crippen LogP contribution in [0.25, 0.3) is 0 Å². The summed E-state index contributed by atoms with van der Waals surface area (Å²) in [7, 11) is 0. The van der Waals surface area contributed by atoms with Gasteiger partial charge in [0.15, 0.2) is 0 Å². The number of rotatable bonds is 8. The Hall–Kier alpha value is -0.670. The molecule has 3 heteroatoms. The quantitative estimate of drug-likeness (QED) is 0.678. The molecule has 1 aliphatic heterocycles. The Morgan fingerprint density at radius 3 is 2.80 bits per heavy atom. The van der Waals surface area contributed by atoms with E-state index >= 15 is 0 Å². The number of thioether (sulfide) groups is 1. The monoisotopic (exact) mass is 292 g/mol. The topological polar surface area (TPSA) is 23.3 Å². The fraction of sp³-hybridized carbons (Fsp3) is 0.647. The minimum atomic E-state index is 0.786. The summed E-state index contributed by atoms with van der Waals surface area (Å²) in [6.45, 7) is 5.08. The third kappa shape index (κ3) is 5.76. The van der Waals surface area contributed by atoms with Crippen LogP contribution >= 0.6 is 11.8 Å². The molecule has 0 aromatic heterocycles. The average Bonchev–Trinajstić information content (AvgIpc) is 2.52. The van der Waals surface area contributed by atoms with E-state index in [4.69, 9.17) is 4.74 Å². The second-order valence-corrected chi connectivity index (χ2v) is 6.77. The van der Waals surface area contributed by atoms with Gasteiger partial charge in [-0.1, -0.05) is 25.5 Å². The number of ether oxygens (including phenoxy) is 1. The molecule has 0 saturated carbocycles. The summed E-state index contributed by atoms with van der Waals surface area (Å²) in [5.74, 6) is 2.22. The fourth-order valence-electron chi connectivity index (χ4n) is 2.42. The van der Waals surface area contributed by atoms with Crippen molar-refractivity contribution in [3.63, 3.8) is 0 Å². The molecule has 1 saturated heterocycles. The first-order chi connectivity index (χ1) is 9.88. The van der Waals surface area contributed by atoms with E-state index in [1.807, 2.05) is 0 Å². The molecule has 2 rings (SSSR count). The Bertz CT molecular complexity index is 360. The van der Waals surface area contributed by atoms with E-state index in [1.54, 1.807) is 0 Å². The van der Waals surface area contributed by atoms with Gasteiger partial charge in [0.2, 0.25) is 0 Å². The van der Waals surface area contributed by atoms with Crippen molar-refractivity contribution < 1.29 is 4.74 Å². The van der Waals surface area contributed by atoms with Crippen molar-refractivity contribution in [2.45, 2.75) is 44.3 Å². The predicted octanol–water partition coefficient (Wildman–Crippen LogP) is 3.91. The molecule has 1 unspecified atom stereocenters. The molecule has 1 heterocycles. The maximum Gasteiger partial charge on any atom is 0.119 e. The Morgan fingerprint density at radius 1 is 1.25 bits per heavy atom. The second kappa shape index (κ2) is 9.30. The van der Waals surface area contributed by atoms with Gasteiger partial charge in [-0.25, -0.2) is 5.32 Å². The van der Waals surface area contributed by atoms with Crippen LogP contribution in [0.2, 0.25) is 0 Å². The summed E-state index contributed by atoms with van der Waals surface area (Å²) in [5, 5.41) is 5.28. The van der Waals surface area contributed by atoms with E-state index in [-0.39, 0.29) is 0 Å². The van der Waals surface area contributed by atoms with E-state index in [2.05, 4.69) is 48.3 Å². The lowest BCUT2D eigenvalue weighted by Crippen LogP contribution is -2.27. The van der Waals surface area contributed by atoms with Gasteiger partial charge in [0.25, 0.3) is 0 Å². The lowest BCUT2D eigenvalue weighted by molar-refractivity contribution is 0.317. The molecule has 0 spiro atoms. The average molecular weight is 292 g/mol. The minimum Gasteiger partial charge on any atom is -0.494 e. The van der Waals surface area contributed by atoms with Crippen LogP contribution in [0.3, 0.4) is 0 Å². The maximum absolute atomic E-state index is 5.60. The Morgan fingerprint density at radius 2 is 2.10 bits per heavy atom. The van der Waals surface area contributed by atoms with Crippen LogP contribution in [0.1, 0.15) is 38.2 Å². The smallest absolute Gasteiger partial charge is 0.119 e. The van der Waals surface area contributed by atoms with Crippen LogP contribution in [0.15, 0.2) is 24.3 Å². The SMILES string of the molecule is CCCOc1ccc(CCCCC2C[N]CCS2)cc1. The zero-order valence-electron chi connectivity index (χ0n) is 12.5. The van der Waals surface area contributed by atoms with Crippen LogP contribution in [0.4, 0.5) is 0 Å². The van der Waals surface area contributed by atoms with Gasteiger partial charge in [0.1, 0.15) is 5.75 Å². The van der Waals surface area contributed by atoms with Crippen molar-refractivity contribution in [3.05, 3.63) is 29.8 Å². The van der Waals surface area contributed by atoms with Crippen LogP contribution in [0.5, 0.6) is 5.75 Å². The van der Waals surface area contributed by atoms with Gasteiger partial charge in [-0.15, -0.1) is 0 Å². The number of benzene rings is 1. The molecule has 0 bridgehead atoms.